The van der Waals surface area contributed by atoms with Gasteiger partial charge in [-0.05, 0) is 65.8 Å². The Kier molecular flexibility index (Phi) is 6.24. The largest absolute Gasteiger partial charge is 0.265 e. The molecular weight excluding hydrogens is 330 g/mol. The van der Waals surface area contributed by atoms with Gasteiger partial charge in [-0.1, -0.05) is 26.0 Å². The average molecular weight is 351 g/mol. The fourth-order valence-electron chi connectivity index (χ4n) is 2.69. The van der Waals surface area contributed by atoms with E-state index in [1.165, 1.54) is 0 Å². The maximum absolute atomic E-state index is 4.87. The van der Waals surface area contributed by atoms with Crippen LogP contribution in [0, 0.1) is 0 Å². The van der Waals surface area contributed by atoms with Crippen LogP contribution in [0.4, 0.5) is 0 Å². The van der Waals surface area contributed by atoms with Crippen LogP contribution < -0.4 is 0 Å². The van der Waals surface area contributed by atoms with E-state index < -0.39 is 0 Å². The summed E-state index contributed by atoms with van der Waals surface area (Å²) in [5.74, 6) is 0. The summed E-state index contributed by atoms with van der Waals surface area (Å²) in [6.45, 7) is 4.00. The van der Waals surface area contributed by atoms with Crippen molar-refractivity contribution in [1.82, 2.24) is 15.0 Å². The molecule has 0 N–H and O–H groups in total. The second kappa shape index (κ2) is 9.23. The summed E-state index contributed by atoms with van der Waals surface area (Å²) in [6, 6.07) is 12.2. The van der Waals surface area contributed by atoms with Crippen LogP contribution in [0.5, 0.6) is 0 Å². The fourth-order valence-corrected chi connectivity index (χ4v) is 2.69. The van der Waals surface area contributed by atoms with Gasteiger partial charge in [0, 0.05) is 35.9 Å². The highest BCUT2D eigenvalue weighted by atomic mass is 14.7. The molecule has 0 bridgehead atoms. The zero-order valence-corrected chi connectivity index (χ0v) is 15.5. The van der Waals surface area contributed by atoms with Crippen molar-refractivity contribution in [3.63, 3.8) is 0 Å². The number of nitrogens with zero attached hydrogens (tertiary/aromatic N) is 3. The Hall–Kier alpha value is -3.55. The summed E-state index contributed by atoms with van der Waals surface area (Å²) in [7, 11) is 0. The van der Waals surface area contributed by atoms with Crippen molar-refractivity contribution in [3.05, 3.63) is 103 Å². The van der Waals surface area contributed by atoms with Crippen molar-refractivity contribution in [3.8, 4) is 22.4 Å². The molecule has 3 aromatic heterocycles. The van der Waals surface area contributed by atoms with Gasteiger partial charge in [0.1, 0.15) is 0 Å². The molecule has 0 spiro atoms. The third kappa shape index (κ3) is 4.55. The zero-order chi connectivity index (χ0) is 18.9. The molecule has 0 atom stereocenters. The average Bonchev–Trinajstić information content (AvgIpc) is 3.06. The lowest BCUT2D eigenvalue weighted by Crippen LogP contribution is -1.93. The van der Waals surface area contributed by atoms with Crippen molar-refractivity contribution < 1.29 is 0 Å². The molecule has 3 nitrogen and oxygen atoms in total. The van der Waals surface area contributed by atoms with E-state index in [2.05, 4.69) is 27.8 Å². The molecule has 0 fully saturated rings. The van der Waals surface area contributed by atoms with E-state index in [0.717, 1.165) is 33.7 Å². The van der Waals surface area contributed by atoms with Gasteiger partial charge in [-0.3, -0.25) is 9.97 Å². The third-order valence-corrected chi connectivity index (χ3v) is 3.94. The normalized spacial score (nSPS) is 12.0. The molecule has 4 rings (SSSR count). The maximum atomic E-state index is 4.87. The molecule has 1 aliphatic carbocycles. The summed E-state index contributed by atoms with van der Waals surface area (Å²) in [5.41, 5.74) is 9.23. The Labute approximate surface area is 160 Å². The van der Waals surface area contributed by atoms with E-state index in [1.807, 2.05) is 68.5 Å². The van der Waals surface area contributed by atoms with Gasteiger partial charge in [0.25, 0.3) is 0 Å². The molecular formula is C24H21N3. The van der Waals surface area contributed by atoms with Gasteiger partial charge in [-0.25, -0.2) is 4.98 Å². The van der Waals surface area contributed by atoms with Crippen LogP contribution >= 0.6 is 0 Å². The summed E-state index contributed by atoms with van der Waals surface area (Å²) in [6.07, 6.45) is 17.0. The van der Waals surface area contributed by atoms with Crippen molar-refractivity contribution in [2.45, 2.75) is 13.8 Å². The minimum absolute atomic E-state index is 0.919. The number of hydrogen-bond donors (Lipinski definition) is 0. The molecule has 0 radical (unpaired) electrons. The number of rotatable bonds is 3. The minimum atomic E-state index is 0.919. The molecule has 0 saturated carbocycles. The molecule has 27 heavy (non-hydrogen) atoms. The maximum Gasteiger partial charge on any atom is 0.0716 e. The van der Waals surface area contributed by atoms with Crippen molar-refractivity contribution in [1.29, 1.82) is 0 Å². The second-order valence-corrected chi connectivity index (χ2v) is 5.58. The molecule has 3 heteroatoms. The van der Waals surface area contributed by atoms with Crippen molar-refractivity contribution in [2.24, 2.45) is 0 Å². The van der Waals surface area contributed by atoms with Gasteiger partial charge >= 0.3 is 0 Å². The van der Waals surface area contributed by atoms with Crippen LogP contribution in [0.1, 0.15) is 19.5 Å². The van der Waals surface area contributed by atoms with Gasteiger partial charge in [0.05, 0.1) is 11.4 Å². The van der Waals surface area contributed by atoms with Crippen molar-refractivity contribution in [2.75, 3.05) is 0 Å². The van der Waals surface area contributed by atoms with E-state index >= 15 is 0 Å². The number of aromatic nitrogens is 3. The summed E-state index contributed by atoms with van der Waals surface area (Å²) in [4.78, 5) is 13.1. The van der Waals surface area contributed by atoms with E-state index in [-0.39, 0.29) is 0 Å². The number of hydrogen-bond acceptors (Lipinski definition) is 3. The highest BCUT2D eigenvalue weighted by molar-refractivity contribution is 5.80. The van der Waals surface area contributed by atoms with E-state index in [4.69, 9.17) is 4.98 Å². The quantitative estimate of drug-likeness (QED) is 0.552. The van der Waals surface area contributed by atoms with Crippen molar-refractivity contribution >= 4 is 5.57 Å². The lowest BCUT2D eigenvalue weighted by atomic mass is 10.0. The Balaban J connectivity index is 0.00000102. The molecule has 0 aromatic carbocycles. The first-order valence-electron chi connectivity index (χ1n) is 9.03. The lowest BCUT2D eigenvalue weighted by molar-refractivity contribution is 1.26. The molecule has 0 saturated heterocycles. The van der Waals surface area contributed by atoms with Crippen LogP contribution in [0.25, 0.3) is 28.0 Å². The fraction of sp³-hybridized carbons (Fsp3) is 0.0833. The van der Waals surface area contributed by atoms with E-state index in [0.29, 0.717) is 0 Å². The van der Waals surface area contributed by atoms with Gasteiger partial charge in [-0.2, -0.15) is 0 Å². The van der Waals surface area contributed by atoms with Gasteiger partial charge in [0.2, 0.25) is 0 Å². The number of allylic oxidation sites excluding steroid dienone is 5. The molecule has 0 unspecified atom stereocenters. The highest BCUT2D eigenvalue weighted by Gasteiger charge is 2.09. The smallest absolute Gasteiger partial charge is 0.0716 e. The lowest BCUT2D eigenvalue weighted by Gasteiger charge is -2.10. The van der Waals surface area contributed by atoms with Crippen LogP contribution in [0.2, 0.25) is 0 Å². The molecule has 3 heterocycles. The predicted molar refractivity (Wildman–Crippen MR) is 112 cm³/mol. The molecule has 132 valence electrons. The zero-order valence-electron chi connectivity index (χ0n) is 15.5. The predicted octanol–water partition coefficient (Wildman–Crippen LogP) is 5.90. The molecule has 0 amide bonds. The van der Waals surface area contributed by atoms with Crippen LogP contribution in [0.3, 0.4) is 0 Å². The van der Waals surface area contributed by atoms with Crippen LogP contribution in [0.15, 0.2) is 97.3 Å². The molecule has 1 aliphatic rings. The monoisotopic (exact) mass is 351 g/mol. The van der Waals surface area contributed by atoms with Crippen LogP contribution in [-0.2, 0) is 0 Å². The summed E-state index contributed by atoms with van der Waals surface area (Å²) < 4.78 is 0. The minimum Gasteiger partial charge on any atom is -0.265 e. The first-order chi connectivity index (χ1) is 13.4. The van der Waals surface area contributed by atoms with Gasteiger partial charge < -0.3 is 0 Å². The highest BCUT2D eigenvalue weighted by Crippen LogP contribution is 2.28. The number of pyridine rings is 3. The van der Waals surface area contributed by atoms with E-state index in [9.17, 15) is 0 Å². The first-order valence-corrected chi connectivity index (χ1v) is 9.03. The Morgan fingerprint density at radius 1 is 0.704 bits per heavy atom. The second-order valence-electron chi connectivity index (χ2n) is 5.58. The molecule has 0 aliphatic heterocycles. The summed E-state index contributed by atoms with van der Waals surface area (Å²) in [5, 5.41) is 0. The SMILES string of the molecule is C1=CC=CC(c2cc(-c3ccncc3)cc(-c3ccncc3)n2)=CC=1.CC. The van der Waals surface area contributed by atoms with E-state index in [1.54, 1.807) is 24.8 Å². The van der Waals surface area contributed by atoms with Gasteiger partial charge in [-0.15, -0.1) is 5.73 Å². The third-order valence-electron chi connectivity index (χ3n) is 3.94. The topological polar surface area (TPSA) is 38.7 Å². The first kappa shape index (κ1) is 18.2. The Morgan fingerprint density at radius 3 is 2.04 bits per heavy atom. The Morgan fingerprint density at radius 2 is 1.33 bits per heavy atom. The standard InChI is InChI=1S/C22H15N3.C2H6/c1-2-4-6-18(5-3-1)21-15-20(17-7-11-23-12-8-17)16-22(25-21)19-9-13-24-14-10-19;1-2/h1,3-16H;1-2H3. The van der Waals surface area contributed by atoms with Crippen LogP contribution in [-0.4, -0.2) is 15.0 Å². The molecule has 3 aromatic rings. The Bertz CT molecular complexity index is 952. The summed E-state index contributed by atoms with van der Waals surface area (Å²) >= 11 is 0. The van der Waals surface area contributed by atoms with Gasteiger partial charge in [0.15, 0.2) is 0 Å².